The first kappa shape index (κ1) is 75.4. The number of nitrogens with zero attached hydrogens (tertiary/aromatic N) is 2. The Morgan fingerprint density at radius 2 is 1.35 bits per heavy atom. The zero-order valence-electron chi connectivity index (χ0n) is 59.7. The van der Waals surface area contributed by atoms with E-state index in [2.05, 4.69) is 93.0 Å². The summed E-state index contributed by atoms with van der Waals surface area (Å²) in [6.07, 6.45) is 17.0. The molecule has 10 atom stereocenters. The van der Waals surface area contributed by atoms with Gasteiger partial charge in [0.2, 0.25) is 11.8 Å². The molecule has 0 radical (unpaired) electrons. The van der Waals surface area contributed by atoms with Gasteiger partial charge in [0, 0.05) is 49.6 Å². The molecule has 0 heterocycles. The van der Waals surface area contributed by atoms with Gasteiger partial charge in [-0.1, -0.05) is 181 Å². The summed E-state index contributed by atoms with van der Waals surface area (Å²) in [5.41, 5.74) is 12.5. The van der Waals surface area contributed by atoms with Crippen molar-refractivity contribution in [3.8, 4) is 11.5 Å². The molecule has 0 spiro atoms. The molecule has 4 aliphatic carbocycles. The second-order valence-electron chi connectivity index (χ2n) is 29.5. The van der Waals surface area contributed by atoms with Crippen molar-refractivity contribution in [2.75, 3.05) is 31.7 Å². The van der Waals surface area contributed by atoms with Crippen molar-refractivity contribution in [2.24, 2.45) is 52.1 Å². The number of unbranched alkanes of at least 4 members (excludes halogenated alkanes) is 1. The van der Waals surface area contributed by atoms with Crippen LogP contribution in [0.5, 0.6) is 11.5 Å². The summed E-state index contributed by atoms with van der Waals surface area (Å²) >= 11 is 6.31. The maximum atomic E-state index is 15.3. The number of ether oxygens (including phenoxy) is 4. The van der Waals surface area contributed by atoms with Gasteiger partial charge < -0.3 is 35.3 Å². The molecular weight excluding hydrogens is 1290 g/mol. The molecule has 6 aromatic rings. The Labute approximate surface area is 601 Å². The van der Waals surface area contributed by atoms with Crippen molar-refractivity contribution in [1.29, 1.82) is 0 Å². The average Bonchev–Trinajstić information content (AvgIpc) is 1.68. The summed E-state index contributed by atoms with van der Waals surface area (Å²) in [4.78, 5) is 82.1. The minimum Gasteiger partial charge on any atom is -0.497 e. The number of hydrogen-bond acceptors (Lipinski definition) is 13. The number of non-ortho nitro benzene ring substituents is 1. The molecule has 6 aromatic carbocycles. The molecule has 0 bridgehead atoms. The van der Waals surface area contributed by atoms with Crippen LogP contribution in [0.2, 0.25) is 5.02 Å². The van der Waals surface area contributed by atoms with E-state index in [9.17, 15) is 24.5 Å². The Morgan fingerprint density at radius 3 is 2.01 bits per heavy atom. The van der Waals surface area contributed by atoms with Crippen LogP contribution in [0.15, 0.2) is 169 Å². The topological polar surface area (TPSA) is 231 Å². The van der Waals surface area contributed by atoms with Gasteiger partial charge in [-0.25, -0.2) is 9.69 Å². The lowest BCUT2D eigenvalue weighted by Gasteiger charge is -2.58. The standard InChI is InChI=1S/C83H103ClN6O11/c1-56(2)17-15-18-57(3)71-42-43-72-70-41-30-63-54-69(46-48-81(63,4)73(70)47-49-82(71,72)5)99-52-16-50-86-76(91)44-45-77(92)88-75(53-58-24-31-64(84)32-25-58)79(94)89(65-33-26-59(27-34-65)55-100-80(95)101-68-39-35-66(36-40-68)90(96)97)78(93)74(85)23-13-14-51-87-83(60-19-9-7-10-20-60,61-21-11-8-12-22-61)62-28-37-67(98-6)38-29-62/h7-12,19-22,24-40,56-57,69-75,87H,13-18,23,41-55,85H2,1-6H3,(H,86,91)(H,88,92)/t57-,69?,70+,71-,72+,73+,74+,75+,81+,82-/m1/s1. The number of nitro groups is 1. The number of allylic oxidation sites excluding steroid dienone is 1. The van der Waals surface area contributed by atoms with Gasteiger partial charge in [-0.15, -0.1) is 0 Å². The molecule has 0 saturated heterocycles. The molecule has 4 amide bonds. The third kappa shape index (κ3) is 18.7. The van der Waals surface area contributed by atoms with Crippen LogP contribution in [0, 0.1) is 56.5 Å². The first-order valence-corrected chi connectivity index (χ1v) is 37.0. The van der Waals surface area contributed by atoms with E-state index in [0.29, 0.717) is 60.5 Å². The van der Waals surface area contributed by atoms with Gasteiger partial charge in [-0.05, 0) is 200 Å². The molecule has 101 heavy (non-hydrogen) atoms. The molecule has 3 saturated carbocycles. The monoisotopic (exact) mass is 1390 g/mol. The Morgan fingerprint density at radius 1 is 0.693 bits per heavy atom. The van der Waals surface area contributed by atoms with Crippen LogP contribution >= 0.6 is 11.6 Å². The first-order chi connectivity index (χ1) is 48.7. The lowest BCUT2D eigenvalue weighted by molar-refractivity contribution is -0.384. The Hall–Kier alpha value is -8.22. The highest BCUT2D eigenvalue weighted by Crippen LogP contribution is 2.67. The van der Waals surface area contributed by atoms with Gasteiger partial charge in [0.05, 0.1) is 35.4 Å². The van der Waals surface area contributed by atoms with Crippen LogP contribution in [0.25, 0.3) is 0 Å². The number of amides is 4. The van der Waals surface area contributed by atoms with Crippen LogP contribution < -0.4 is 36.1 Å². The predicted octanol–water partition coefficient (Wildman–Crippen LogP) is 16.4. The summed E-state index contributed by atoms with van der Waals surface area (Å²) in [6.45, 7) is 13.6. The van der Waals surface area contributed by atoms with Gasteiger partial charge in [0.15, 0.2) is 0 Å². The smallest absolute Gasteiger partial charge is 0.497 e. The normalized spacial score (nSPS) is 21.7. The summed E-state index contributed by atoms with van der Waals surface area (Å²) in [6, 6.07) is 43.8. The highest BCUT2D eigenvalue weighted by atomic mass is 35.5. The third-order valence-electron chi connectivity index (χ3n) is 22.6. The zero-order chi connectivity index (χ0) is 71.7. The molecule has 3 fully saturated rings. The Bertz CT molecular complexity index is 3720. The lowest BCUT2D eigenvalue weighted by Crippen LogP contribution is -2.55. The van der Waals surface area contributed by atoms with E-state index in [1.807, 2.05) is 48.5 Å². The molecule has 0 aromatic heterocycles. The number of fused-ring (bicyclic) bond motifs is 5. The zero-order valence-corrected chi connectivity index (χ0v) is 60.4. The fourth-order valence-corrected chi connectivity index (χ4v) is 17.4. The maximum Gasteiger partial charge on any atom is 0.514 e. The number of anilines is 1. The van der Waals surface area contributed by atoms with Gasteiger partial charge in [-0.2, -0.15) is 0 Å². The lowest BCUT2D eigenvalue weighted by atomic mass is 9.47. The molecule has 1 unspecified atom stereocenters. The summed E-state index contributed by atoms with van der Waals surface area (Å²) < 4.78 is 22.6. The highest BCUT2D eigenvalue weighted by Gasteiger charge is 2.59. The molecule has 10 rings (SSSR count). The molecule has 0 aliphatic heterocycles. The fraction of sp³-hybridized carbons (Fsp3) is 0.482. The molecular formula is C83H103ClN6O11. The van der Waals surface area contributed by atoms with Crippen molar-refractivity contribution in [1.82, 2.24) is 16.0 Å². The maximum absolute atomic E-state index is 15.3. The van der Waals surface area contributed by atoms with Gasteiger partial charge in [0.25, 0.3) is 17.5 Å². The van der Waals surface area contributed by atoms with E-state index in [0.717, 1.165) is 82.1 Å². The van der Waals surface area contributed by atoms with Crippen molar-refractivity contribution in [2.45, 2.75) is 181 Å². The second kappa shape index (κ2) is 35.1. The summed E-state index contributed by atoms with van der Waals surface area (Å²) in [7, 11) is 1.63. The van der Waals surface area contributed by atoms with Crippen LogP contribution in [-0.2, 0) is 47.2 Å². The highest BCUT2D eigenvalue weighted by molar-refractivity contribution is 6.30. The quantitative estimate of drug-likeness (QED) is 0.00572. The van der Waals surface area contributed by atoms with Crippen LogP contribution in [0.4, 0.5) is 16.2 Å². The number of nitro benzene ring substituents is 1. The Balaban J connectivity index is 0.761. The molecule has 5 N–H and O–H groups in total. The van der Waals surface area contributed by atoms with Crippen molar-refractivity contribution in [3.05, 3.63) is 212 Å². The second-order valence-corrected chi connectivity index (χ2v) is 29.9. The van der Waals surface area contributed by atoms with Gasteiger partial charge in [-0.3, -0.25) is 34.6 Å². The Kier molecular flexibility index (Phi) is 26.2. The number of hydrogen-bond donors (Lipinski definition) is 4. The summed E-state index contributed by atoms with van der Waals surface area (Å²) in [5.74, 6) is 3.13. The third-order valence-corrected chi connectivity index (χ3v) is 22.9. The van der Waals surface area contributed by atoms with Gasteiger partial charge in [0.1, 0.15) is 24.1 Å². The van der Waals surface area contributed by atoms with Crippen LogP contribution in [0.1, 0.15) is 172 Å². The predicted molar refractivity (Wildman–Crippen MR) is 395 cm³/mol. The van der Waals surface area contributed by atoms with E-state index in [1.165, 1.54) is 87.8 Å². The van der Waals surface area contributed by atoms with Crippen LogP contribution in [-0.4, -0.2) is 79.7 Å². The van der Waals surface area contributed by atoms with Crippen molar-refractivity contribution < 1.29 is 47.8 Å². The molecule has 17 nitrogen and oxygen atoms in total. The van der Waals surface area contributed by atoms with E-state index in [-0.39, 0.29) is 66.8 Å². The molecule has 4 aliphatic rings. The largest absolute Gasteiger partial charge is 0.514 e. The van der Waals surface area contributed by atoms with Gasteiger partial charge >= 0.3 is 6.16 Å². The molecule has 538 valence electrons. The number of imide groups is 1. The number of methoxy groups -OCH3 is 1. The number of carbonyl (C=O) groups is 5. The van der Waals surface area contributed by atoms with E-state index in [4.69, 9.17) is 36.3 Å². The fourth-order valence-electron chi connectivity index (χ4n) is 17.2. The number of nitrogens with two attached hydrogens (primary N) is 1. The number of halogens is 1. The minimum absolute atomic E-state index is 0.0360. The molecule has 18 heteroatoms. The number of nitrogens with one attached hydrogen (secondary N) is 3. The number of carbonyl (C=O) groups excluding carboxylic acids is 5. The van der Waals surface area contributed by atoms with E-state index < -0.39 is 46.4 Å². The average molecular weight is 1400 g/mol. The first-order valence-electron chi connectivity index (χ1n) is 36.6. The van der Waals surface area contributed by atoms with E-state index >= 15 is 9.59 Å². The number of benzene rings is 6. The van der Waals surface area contributed by atoms with Crippen molar-refractivity contribution in [3.63, 3.8) is 0 Å². The number of rotatable bonds is 33. The van der Waals surface area contributed by atoms with Crippen LogP contribution in [0.3, 0.4) is 0 Å². The minimum atomic E-state index is -1.32. The SMILES string of the molecule is COc1ccc(C(NCCCC[C@H](N)C(=O)N(C(=O)[C@H](Cc2ccc(Cl)cc2)NC(=O)CCC(=O)NCCCOC2CC[C@@]3(C)C(=CC[C@H]4[C@@H]5CC[C@H]([C@H](C)CCCC(C)C)[C@@]5(C)CC[C@@H]43)C2)c2ccc(COC(=O)Oc3ccc([N+](=O)[O-])cc3)cc2)(c2ccccc2)c2ccccc2)cc1. The van der Waals surface area contributed by atoms with Crippen molar-refractivity contribution >= 4 is 52.8 Å². The summed E-state index contributed by atoms with van der Waals surface area (Å²) in [5, 5.41) is 21.3. The van der Waals surface area contributed by atoms with E-state index in [1.54, 1.807) is 49.1 Å².